The molecule has 2 rings (SSSR count). The van der Waals surface area contributed by atoms with Crippen molar-refractivity contribution in [1.29, 1.82) is 0 Å². The maximum absolute atomic E-state index is 13.5. The molecule has 1 N–H and O–H groups in total. The van der Waals surface area contributed by atoms with Gasteiger partial charge in [0.25, 0.3) is 0 Å². The van der Waals surface area contributed by atoms with Crippen molar-refractivity contribution in [2.45, 2.75) is 46.2 Å². The highest BCUT2D eigenvalue weighted by Gasteiger charge is 2.30. The van der Waals surface area contributed by atoms with Crippen LogP contribution in [0.15, 0.2) is 36.4 Å². The number of benzene rings is 2. The molecule has 1 atom stereocenters. The Morgan fingerprint density at radius 2 is 1.74 bits per heavy atom. The Hall–Kier alpha value is -2.00. The van der Waals surface area contributed by atoms with E-state index in [1.54, 1.807) is 50.2 Å². The van der Waals surface area contributed by atoms with Crippen LogP contribution in [0.4, 0.5) is 5.69 Å². The first-order valence-electron chi connectivity index (χ1n) is 11.1. The number of anilines is 1. The zero-order valence-corrected chi connectivity index (χ0v) is 23.2. The Labute approximate surface area is 222 Å². The van der Waals surface area contributed by atoms with Gasteiger partial charge in [0.1, 0.15) is 12.6 Å². The average molecular weight is 563 g/mol. The highest BCUT2D eigenvalue weighted by molar-refractivity contribution is 7.92. The van der Waals surface area contributed by atoms with Crippen molar-refractivity contribution in [3.8, 4) is 0 Å². The van der Waals surface area contributed by atoms with Crippen molar-refractivity contribution in [3.63, 3.8) is 0 Å². The Morgan fingerprint density at radius 3 is 2.34 bits per heavy atom. The predicted octanol–water partition coefficient (Wildman–Crippen LogP) is 5.05. The van der Waals surface area contributed by atoms with Crippen molar-refractivity contribution in [3.05, 3.63) is 62.6 Å². The summed E-state index contributed by atoms with van der Waals surface area (Å²) in [6, 6.07) is 8.89. The summed E-state index contributed by atoms with van der Waals surface area (Å²) in [5, 5.41) is 3.87. The fourth-order valence-corrected chi connectivity index (χ4v) is 4.80. The minimum absolute atomic E-state index is 0.0320. The summed E-state index contributed by atoms with van der Waals surface area (Å²) in [5.41, 5.74) is 1.46. The molecule has 35 heavy (non-hydrogen) atoms. The fourth-order valence-electron chi connectivity index (χ4n) is 3.41. The zero-order valence-electron chi connectivity index (χ0n) is 20.1. The number of halogens is 3. The van der Waals surface area contributed by atoms with Crippen LogP contribution in [-0.2, 0) is 26.2 Å². The SMILES string of the molecule is CCCCNC(=O)C(C)N(Cc1ccc(Cl)c(Cl)c1)C(=O)CN(c1cccc(Cl)c1C)S(C)(=O)=O. The Kier molecular flexibility index (Phi) is 10.7. The molecule has 2 amide bonds. The van der Waals surface area contributed by atoms with Gasteiger partial charge in [-0.05, 0) is 55.7 Å². The van der Waals surface area contributed by atoms with Crippen LogP contribution in [0.3, 0.4) is 0 Å². The van der Waals surface area contributed by atoms with E-state index >= 15 is 0 Å². The number of hydrogen-bond acceptors (Lipinski definition) is 4. The quantitative estimate of drug-likeness (QED) is 0.388. The van der Waals surface area contributed by atoms with Gasteiger partial charge in [-0.15, -0.1) is 0 Å². The molecular weight excluding hydrogens is 533 g/mol. The lowest BCUT2D eigenvalue weighted by atomic mass is 10.1. The summed E-state index contributed by atoms with van der Waals surface area (Å²) in [5.74, 6) is -0.893. The number of hydrogen-bond donors (Lipinski definition) is 1. The molecule has 0 saturated heterocycles. The molecule has 2 aromatic rings. The van der Waals surface area contributed by atoms with Crippen LogP contribution in [-0.4, -0.2) is 50.5 Å². The molecule has 0 spiro atoms. The number of carbonyl (C=O) groups excluding carboxylic acids is 2. The third-order valence-corrected chi connectivity index (χ3v) is 7.80. The summed E-state index contributed by atoms with van der Waals surface area (Å²) in [6.45, 7) is 5.29. The maximum atomic E-state index is 13.5. The molecule has 192 valence electrons. The number of nitrogens with zero attached hydrogens (tertiary/aromatic N) is 2. The molecular formula is C24H30Cl3N3O4S. The molecule has 0 fully saturated rings. The second-order valence-electron chi connectivity index (χ2n) is 8.24. The summed E-state index contributed by atoms with van der Waals surface area (Å²) in [4.78, 5) is 27.7. The van der Waals surface area contributed by atoms with Crippen molar-refractivity contribution in [1.82, 2.24) is 10.2 Å². The van der Waals surface area contributed by atoms with Crippen molar-refractivity contribution in [2.75, 3.05) is 23.7 Å². The minimum atomic E-state index is -3.85. The molecule has 0 saturated carbocycles. The molecule has 0 aliphatic heterocycles. The van der Waals surface area contributed by atoms with E-state index in [0.29, 0.717) is 38.4 Å². The van der Waals surface area contributed by atoms with Crippen molar-refractivity contribution >= 4 is 62.3 Å². The molecule has 0 aromatic heterocycles. The maximum Gasteiger partial charge on any atom is 0.244 e. The lowest BCUT2D eigenvalue weighted by Crippen LogP contribution is -2.51. The molecule has 1 unspecified atom stereocenters. The van der Waals surface area contributed by atoms with E-state index in [0.717, 1.165) is 23.4 Å². The molecule has 0 radical (unpaired) electrons. The van der Waals surface area contributed by atoms with Gasteiger partial charge in [0.05, 0.1) is 22.0 Å². The van der Waals surface area contributed by atoms with Gasteiger partial charge in [-0.3, -0.25) is 13.9 Å². The second-order valence-corrected chi connectivity index (χ2v) is 11.4. The average Bonchev–Trinajstić information content (AvgIpc) is 2.79. The van der Waals surface area contributed by atoms with E-state index < -0.39 is 28.5 Å². The normalized spacial score (nSPS) is 12.2. The van der Waals surface area contributed by atoms with Gasteiger partial charge in [0, 0.05) is 18.1 Å². The molecule has 11 heteroatoms. The van der Waals surface area contributed by atoms with Gasteiger partial charge in [0.15, 0.2) is 0 Å². The number of amides is 2. The summed E-state index contributed by atoms with van der Waals surface area (Å²) >= 11 is 18.4. The van der Waals surface area contributed by atoms with E-state index in [1.807, 2.05) is 6.92 Å². The predicted molar refractivity (Wildman–Crippen MR) is 143 cm³/mol. The van der Waals surface area contributed by atoms with Crippen LogP contribution in [0, 0.1) is 6.92 Å². The summed E-state index contributed by atoms with van der Waals surface area (Å²) < 4.78 is 26.3. The molecule has 0 bridgehead atoms. The fraction of sp³-hybridized carbons (Fsp3) is 0.417. The third kappa shape index (κ3) is 8.00. The van der Waals surface area contributed by atoms with E-state index in [1.165, 1.54) is 4.90 Å². The summed E-state index contributed by atoms with van der Waals surface area (Å²) in [6.07, 6.45) is 2.73. The van der Waals surface area contributed by atoms with E-state index in [-0.39, 0.29) is 12.5 Å². The van der Waals surface area contributed by atoms with Crippen LogP contribution >= 0.6 is 34.8 Å². The second kappa shape index (κ2) is 12.8. The van der Waals surface area contributed by atoms with Crippen LogP contribution in [0.1, 0.15) is 37.8 Å². The number of nitrogens with one attached hydrogen (secondary N) is 1. The number of carbonyl (C=O) groups is 2. The molecule has 0 aliphatic rings. The lowest BCUT2D eigenvalue weighted by molar-refractivity contribution is -0.139. The number of rotatable bonds is 11. The first-order chi connectivity index (χ1) is 16.4. The van der Waals surface area contributed by atoms with E-state index in [2.05, 4.69) is 5.32 Å². The van der Waals surface area contributed by atoms with Gasteiger partial charge >= 0.3 is 0 Å². The summed E-state index contributed by atoms with van der Waals surface area (Å²) in [7, 11) is -3.85. The van der Waals surface area contributed by atoms with Crippen LogP contribution < -0.4 is 9.62 Å². The van der Waals surface area contributed by atoms with Crippen molar-refractivity contribution in [2.24, 2.45) is 0 Å². The Morgan fingerprint density at radius 1 is 1.06 bits per heavy atom. The smallest absolute Gasteiger partial charge is 0.244 e. The molecule has 0 aliphatic carbocycles. The van der Waals surface area contributed by atoms with Gasteiger partial charge in [-0.1, -0.05) is 60.3 Å². The van der Waals surface area contributed by atoms with Gasteiger partial charge in [0.2, 0.25) is 21.8 Å². The van der Waals surface area contributed by atoms with E-state index in [9.17, 15) is 18.0 Å². The van der Waals surface area contributed by atoms with Gasteiger partial charge in [-0.25, -0.2) is 8.42 Å². The number of sulfonamides is 1. The Bertz CT molecular complexity index is 1170. The zero-order chi connectivity index (χ0) is 26.3. The molecule has 7 nitrogen and oxygen atoms in total. The van der Waals surface area contributed by atoms with Gasteiger partial charge in [-0.2, -0.15) is 0 Å². The topological polar surface area (TPSA) is 86.8 Å². The van der Waals surface area contributed by atoms with E-state index in [4.69, 9.17) is 34.8 Å². The first kappa shape index (κ1) is 29.2. The first-order valence-corrected chi connectivity index (χ1v) is 14.1. The van der Waals surface area contributed by atoms with Crippen LogP contribution in [0.5, 0.6) is 0 Å². The monoisotopic (exact) mass is 561 g/mol. The molecule has 2 aromatic carbocycles. The van der Waals surface area contributed by atoms with Crippen LogP contribution in [0.25, 0.3) is 0 Å². The van der Waals surface area contributed by atoms with Crippen LogP contribution in [0.2, 0.25) is 15.1 Å². The third-order valence-electron chi connectivity index (χ3n) is 5.52. The highest BCUT2D eigenvalue weighted by atomic mass is 35.5. The van der Waals surface area contributed by atoms with Crippen molar-refractivity contribution < 1.29 is 18.0 Å². The Balaban J connectivity index is 2.42. The highest BCUT2D eigenvalue weighted by Crippen LogP contribution is 2.29. The largest absolute Gasteiger partial charge is 0.354 e. The number of unbranched alkanes of at least 4 members (excludes halogenated alkanes) is 1. The minimum Gasteiger partial charge on any atom is -0.354 e. The standard InChI is InChI=1S/C24H30Cl3N3O4S/c1-5-6-12-28-24(32)17(3)29(14-18-10-11-20(26)21(27)13-18)23(31)15-30(35(4,33)34)22-9-7-8-19(25)16(22)2/h7-11,13,17H,5-6,12,14-15H2,1-4H3,(H,28,32). The van der Waals surface area contributed by atoms with Gasteiger partial charge < -0.3 is 10.2 Å². The molecule has 0 heterocycles. The lowest BCUT2D eigenvalue weighted by Gasteiger charge is -2.32.